The molecule has 6 nitrogen and oxygen atoms in total. The minimum absolute atomic E-state index is 0.00502. The second-order valence-electron chi connectivity index (χ2n) is 6.36. The summed E-state index contributed by atoms with van der Waals surface area (Å²) in [5, 5.41) is 6.27. The first-order chi connectivity index (χ1) is 11.0. The van der Waals surface area contributed by atoms with E-state index >= 15 is 0 Å². The third-order valence-corrected chi connectivity index (χ3v) is 6.36. The molecular formula is C16H23N3O3S. The Kier molecular flexibility index (Phi) is 4.59. The van der Waals surface area contributed by atoms with Crippen LogP contribution >= 0.6 is 0 Å². The van der Waals surface area contributed by atoms with E-state index in [9.17, 15) is 13.2 Å². The molecule has 0 unspecified atom stereocenters. The van der Waals surface area contributed by atoms with Gasteiger partial charge in [0.15, 0.2) is 0 Å². The molecule has 1 aromatic carbocycles. The lowest BCUT2D eigenvalue weighted by atomic mass is 9.92. The van der Waals surface area contributed by atoms with Crippen molar-refractivity contribution >= 4 is 27.3 Å². The molecule has 23 heavy (non-hydrogen) atoms. The molecule has 2 atom stereocenters. The first kappa shape index (κ1) is 16.3. The molecule has 2 heterocycles. The zero-order valence-corrected chi connectivity index (χ0v) is 14.1. The summed E-state index contributed by atoms with van der Waals surface area (Å²) < 4.78 is 25.4. The molecular weight excluding hydrogens is 314 g/mol. The summed E-state index contributed by atoms with van der Waals surface area (Å²) in [6, 6.07) is 7.44. The summed E-state index contributed by atoms with van der Waals surface area (Å²) in [4.78, 5) is 12.4. The van der Waals surface area contributed by atoms with Gasteiger partial charge in [0.2, 0.25) is 15.9 Å². The number of nitrogens with one attached hydrogen (secondary N) is 2. The van der Waals surface area contributed by atoms with E-state index in [0.717, 1.165) is 19.4 Å². The van der Waals surface area contributed by atoms with Gasteiger partial charge in [0, 0.05) is 24.2 Å². The highest BCUT2D eigenvalue weighted by atomic mass is 32.2. The van der Waals surface area contributed by atoms with E-state index in [-0.39, 0.29) is 17.6 Å². The lowest BCUT2D eigenvalue weighted by Crippen LogP contribution is -2.40. The molecule has 1 aromatic rings. The number of nitrogens with zero attached hydrogens (tertiary/aromatic N) is 1. The largest absolute Gasteiger partial charge is 0.326 e. The van der Waals surface area contributed by atoms with Crippen LogP contribution in [0.5, 0.6) is 0 Å². The predicted octanol–water partition coefficient (Wildman–Crippen LogP) is 1.55. The van der Waals surface area contributed by atoms with E-state index in [2.05, 4.69) is 17.6 Å². The van der Waals surface area contributed by atoms with E-state index in [0.29, 0.717) is 30.4 Å². The summed E-state index contributed by atoms with van der Waals surface area (Å²) >= 11 is 0. The second kappa shape index (κ2) is 6.49. The van der Waals surface area contributed by atoms with Crippen LogP contribution in [0.1, 0.15) is 26.2 Å². The summed E-state index contributed by atoms with van der Waals surface area (Å²) in [6.45, 7) is 3.44. The highest BCUT2D eigenvalue weighted by molar-refractivity contribution is 7.93. The maximum Gasteiger partial charge on any atom is 0.235 e. The average molecular weight is 337 g/mol. The quantitative estimate of drug-likeness (QED) is 0.877. The van der Waals surface area contributed by atoms with Gasteiger partial charge in [-0.1, -0.05) is 6.07 Å². The molecule has 7 heteroatoms. The Labute approximate surface area is 137 Å². The number of sulfonamides is 1. The van der Waals surface area contributed by atoms with Crippen molar-refractivity contribution in [1.82, 2.24) is 5.32 Å². The number of hydrogen-bond donors (Lipinski definition) is 2. The van der Waals surface area contributed by atoms with Crippen LogP contribution in [0.2, 0.25) is 0 Å². The Morgan fingerprint density at radius 1 is 1.39 bits per heavy atom. The smallest absolute Gasteiger partial charge is 0.235 e. The number of amides is 1. The first-order valence-electron chi connectivity index (χ1n) is 8.10. The van der Waals surface area contributed by atoms with Crippen molar-refractivity contribution in [3.05, 3.63) is 24.3 Å². The molecule has 2 fully saturated rings. The molecule has 0 aliphatic carbocycles. The molecule has 126 valence electrons. The highest BCUT2D eigenvalue weighted by Gasteiger charge is 2.29. The van der Waals surface area contributed by atoms with Gasteiger partial charge in [-0.15, -0.1) is 0 Å². The molecule has 2 aliphatic rings. The number of rotatable bonds is 3. The standard InChI is InChI=1S/C16H23N3O3S/c1-12-10-13(6-7-17-12)16(20)18-14-4-2-5-15(11-14)19-8-3-9-23(19,21)22/h2,4-5,11-13,17H,3,6-10H2,1H3,(H,18,20)/t12-,13-/m0/s1. The molecule has 0 aromatic heterocycles. The molecule has 3 rings (SSSR count). The number of piperidine rings is 1. The monoisotopic (exact) mass is 337 g/mol. The number of hydrogen-bond acceptors (Lipinski definition) is 4. The minimum atomic E-state index is -3.20. The third-order valence-electron chi connectivity index (χ3n) is 4.50. The molecule has 2 N–H and O–H groups in total. The van der Waals surface area contributed by atoms with E-state index in [1.54, 1.807) is 24.3 Å². The zero-order chi connectivity index (χ0) is 16.4. The topological polar surface area (TPSA) is 78.5 Å². The molecule has 1 amide bonds. The van der Waals surface area contributed by atoms with Crippen molar-refractivity contribution in [2.75, 3.05) is 28.5 Å². The lowest BCUT2D eigenvalue weighted by molar-refractivity contribution is -0.120. The molecule has 2 saturated heterocycles. The van der Waals surface area contributed by atoms with E-state index in [4.69, 9.17) is 0 Å². The van der Waals surface area contributed by atoms with Crippen LogP contribution in [0.3, 0.4) is 0 Å². The van der Waals surface area contributed by atoms with Crippen LogP contribution in [-0.4, -0.2) is 39.2 Å². The highest BCUT2D eigenvalue weighted by Crippen LogP contribution is 2.27. The van der Waals surface area contributed by atoms with Crippen molar-refractivity contribution in [3.8, 4) is 0 Å². The number of anilines is 2. The fourth-order valence-electron chi connectivity index (χ4n) is 3.28. The van der Waals surface area contributed by atoms with E-state index in [1.165, 1.54) is 4.31 Å². The van der Waals surface area contributed by atoms with Crippen molar-refractivity contribution in [1.29, 1.82) is 0 Å². The van der Waals surface area contributed by atoms with Crippen molar-refractivity contribution in [2.45, 2.75) is 32.2 Å². The van der Waals surface area contributed by atoms with Gasteiger partial charge in [0.25, 0.3) is 0 Å². The van der Waals surface area contributed by atoms with Gasteiger partial charge in [0.05, 0.1) is 11.4 Å². The maximum atomic E-state index is 12.4. The molecule has 2 aliphatic heterocycles. The van der Waals surface area contributed by atoms with Crippen LogP contribution < -0.4 is 14.9 Å². The van der Waals surface area contributed by atoms with Crippen molar-refractivity contribution < 1.29 is 13.2 Å². The Hall–Kier alpha value is -1.60. The van der Waals surface area contributed by atoms with Gasteiger partial charge in [0.1, 0.15) is 0 Å². The van der Waals surface area contributed by atoms with E-state index < -0.39 is 10.0 Å². The van der Waals surface area contributed by atoms with Crippen LogP contribution in [0.4, 0.5) is 11.4 Å². The fourth-order valence-corrected chi connectivity index (χ4v) is 4.84. The Balaban J connectivity index is 1.71. The van der Waals surface area contributed by atoms with Crippen LogP contribution in [0.15, 0.2) is 24.3 Å². The summed E-state index contributed by atoms with van der Waals surface area (Å²) in [6.07, 6.45) is 2.30. The van der Waals surface area contributed by atoms with Gasteiger partial charge in [-0.3, -0.25) is 9.10 Å². The van der Waals surface area contributed by atoms with Gasteiger partial charge in [-0.05, 0) is 50.9 Å². The van der Waals surface area contributed by atoms with Gasteiger partial charge >= 0.3 is 0 Å². The average Bonchev–Trinajstić information content (AvgIpc) is 2.87. The van der Waals surface area contributed by atoms with Crippen LogP contribution in [0.25, 0.3) is 0 Å². The third kappa shape index (κ3) is 3.67. The van der Waals surface area contributed by atoms with Crippen LogP contribution in [0, 0.1) is 5.92 Å². The molecule has 0 spiro atoms. The fraction of sp³-hybridized carbons (Fsp3) is 0.562. The molecule has 0 radical (unpaired) electrons. The molecule has 0 bridgehead atoms. The first-order valence-corrected chi connectivity index (χ1v) is 9.71. The van der Waals surface area contributed by atoms with Gasteiger partial charge in [-0.2, -0.15) is 0 Å². The zero-order valence-electron chi connectivity index (χ0n) is 13.3. The Morgan fingerprint density at radius 3 is 2.91 bits per heavy atom. The van der Waals surface area contributed by atoms with Crippen molar-refractivity contribution in [3.63, 3.8) is 0 Å². The molecule has 0 saturated carbocycles. The van der Waals surface area contributed by atoms with Gasteiger partial charge in [-0.25, -0.2) is 8.42 Å². The Morgan fingerprint density at radius 2 is 2.22 bits per heavy atom. The summed E-state index contributed by atoms with van der Waals surface area (Å²) in [5.74, 6) is 0.210. The number of carbonyl (C=O) groups is 1. The maximum absolute atomic E-state index is 12.4. The normalized spacial score (nSPS) is 26.9. The number of carbonyl (C=O) groups excluding carboxylic acids is 1. The van der Waals surface area contributed by atoms with Crippen molar-refractivity contribution in [2.24, 2.45) is 5.92 Å². The second-order valence-corrected chi connectivity index (χ2v) is 8.37. The van der Waals surface area contributed by atoms with Crippen LogP contribution in [-0.2, 0) is 14.8 Å². The SMILES string of the molecule is C[C@H]1C[C@@H](C(=O)Nc2cccc(N3CCCS3(=O)=O)c2)CCN1. The summed E-state index contributed by atoms with van der Waals surface area (Å²) in [7, 11) is -3.20. The van der Waals surface area contributed by atoms with E-state index in [1.807, 2.05) is 0 Å². The minimum Gasteiger partial charge on any atom is -0.326 e. The lowest BCUT2D eigenvalue weighted by Gasteiger charge is -2.27. The van der Waals surface area contributed by atoms with Gasteiger partial charge < -0.3 is 10.6 Å². The summed E-state index contributed by atoms with van der Waals surface area (Å²) in [5.41, 5.74) is 1.28. The Bertz CT molecular complexity index is 690. The predicted molar refractivity (Wildman–Crippen MR) is 91.0 cm³/mol. The number of benzene rings is 1.